The Balaban J connectivity index is 2.00. The number of hydrogen-bond donors (Lipinski definition) is 1. The molecule has 1 aliphatic carbocycles. The van der Waals surface area contributed by atoms with Crippen LogP contribution in [0.15, 0.2) is 18.2 Å². The smallest absolute Gasteiger partial charge is 0.141 e. The highest BCUT2D eigenvalue weighted by Crippen LogP contribution is 2.29. The van der Waals surface area contributed by atoms with Crippen molar-refractivity contribution < 1.29 is 8.95 Å². The second kappa shape index (κ2) is 6.42. The lowest BCUT2D eigenvalue weighted by molar-refractivity contribution is 0.389. The summed E-state index contributed by atoms with van der Waals surface area (Å²) in [6, 6.07) is 5.69. The van der Waals surface area contributed by atoms with Gasteiger partial charge in [-0.3, -0.25) is 4.21 Å². The van der Waals surface area contributed by atoms with E-state index in [1.54, 1.807) is 7.11 Å². The molecule has 3 atom stereocenters. The zero-order valence-corrected chi connectivity index (χ0v) is 12.5. The highest BCUT2D eigenvalue weighted by molar-refractivity contribution is 7.84. The molecule has 19 heavy (non-hydrogen) atoms. The van der Waals surface area contributed by atoms with Crippen LogP contribution in [0, 0.1) is 5.92 Å². The summed E-state index contributed by atoms with van der Waals surface area (Å²) in [5.41, 5.74) is 7.54. The molecule has 0 heterocycles. The van der Waals surface area contributed by atoms with Crippen molar-refractivity contribution in [3.8, 4) is 5.75 Å². The maximum atomic E-state index is 12.4. The lowest BCUT2D eigenvalue weighted by atomic mass is 9.91. The van der Waals surface area contributed by atoms with Gasteiger partial charge in [0.15, 0.2) is 0 Å². The molecule has 1 saturated carbocycles. The third-order valence-electron chi connectivity index (χ3n) is 3.86. The first-order chi connectivity index (χ1) is 9.10. The maximum absolute atomic E-state index is 12.4. The summed E-state index contributed by atoms with van der Waals surface area (Å²) in [6.07, 6.45) is 4.69. The van der Waals surface area contributed by atoms with E-state index in [0.29, 0.717) is 28.4 Å². The predicted molar refractivity (Wildman–Crippen MR) is 80.7 cm³/mol. The lowest BCUT2D eigenvalue weighted by Crippen LogP contribution is -2.24. The van der Waals surface area contributed by atoms with E-state index in [0.717, 1.165) is 18.4 Å². The Morgan fingerprint density at radius 3 is 2.84 bits per heavy atom. The summed E-state index contributed by atoms with van der Waals surface area (Å²) in [4.78, 5) is 0. The summed E-state index contributed by atoms with van der Waals surface area (Å²) in [6.45, 7) is 2.26. The minimum Gasteiger partial charge on any atom is -0.495 e. The van der Waals surface area contributed by atoms with E-state index in [9.17, 15) is 4.21 Å². The molecule has 0 bridgehead atoms. The zero-order valence-electron chi connectivity index (χ0n) is 11.7. The van der Waals surface area contributed by atoms with Crippen molar-refractivity contribution in [1.29, 1.82) is 0 Å². The van der Waals surface area contributed by atoms with Crippen LogP contribution in [0.25, 0.3) is 0 Å². The quantitative estimate of drug-likeness (QED) is 0.863. The van der Waals surface area contributed by atoms with E-state index in [1.165, 1.54) is 12.8 Å². The SMILES string of the molecule is COc1ccc(CS(=O)C2CCCC(C)C2)cc1N. The molecular weight excluding hydrogens is 258 g/mol. The van der Waals surface area contributed by atoms with Crippen LogP contribution in [0.4, 0.5) is 5.69 Å². The van der Waals surface area contributed by atoms with Gasteiger partial charge in [-0.2, -0.15) is 0 Å². The second-order valence-corrected chi connectivity index (χ2v) is 7.21. The van der Waals surface area contributed by atoms with Crippen LogP contribution in [0.5, 0.6) is 5.75 Å². The van der Waals surface area contributed by atoms with Crippen molar-refractivity contribution >= 4 is 16.5 Å². The van der Waals surface area contributed by atoms with E-state index >= 15 is 0 Å². The molecule has 1 aromatic rings. The molecule has 2 rings (SSSR count). The fraction of sp³-hybridized carbons (Fsp3) is 0.600. The molecule has 106 valence electrons. The monoisotopic (exact) mass is 281 g/mol. The van der Waals surface area contributed by atoms with Crippen LogP contribution in [0.2, 0.25) is 0 Å². The van der Waals surface area contributed by atoms with E-state index in [4.69, 9.17) is 10.5 Å². The van der Waals surface area contributed by atoms with Crippen LogP contribution in [-0.2, 0) is 16.6 Å². The predicted octanol–water partition coefficient (Wildman–Crippen LogP) is 3.10. The number of ether oxygens (including phenoxy) is 1. The topological polar surface area (TPSA) is 52.3 Å². The van der Waals surface area contributed by atoms with Gasteiger partial charge in [-0.25, -0.2) is 0 Å². The van der Waals surface area contributed by atoms with Crippen molar-refractivity contribution in [2.45, 2.75) is 43.6 Å². The van der Waals surface area contributed by atoms with Crippen molar-refractivity contribution in [3.63, 3.8) is 0 Å². The first-order valence-corrected chi connectivity index (χ1v) is 8.28. The molecule has 3 nitrogen and oxygen atoms in total. The number of nitrogens with two attached hydrogens (primary N) is 1. The Bertz CT molecular complexity index is 461. The summed E-state index contributed by atoms with van der Waals surface area (Å²) in [7, 11) is 0.813. The first kappa shape index (κ1) is 14.4. The average molecular weight is 281 g/mol. The van der Waals surface area contributed by atoms with Gasteiger partial charge < -0.3 is 10.5 Å². The molecular formula is C15H23NO2S. The fourth-order valence-corrected chi connectivity index (χ4v) is 4.49. The molecule has 0 spiro atoms. The van der Waals surface area contributed by atoms with Crippen LogP contribution in [-0.4, -0.2) is 16.6 Å². The fourth-order valence-electron chi connectivity index (χ4n) is 2.77. The van der Waals surface area contributed by atoms with Crippen LogP contribution in [0.3, 0.4) is 0 Å². The van der Waals surface area contributed by atoms with Gasteiger partial charge in [-0.05, 0) is 36.5 Å². The summed E-state index contributed by atoms with van der Waals surface area (Å²) < 4.78 is 17.6. The van der Waals surface area contributed by atoms with E-state index < -0.39 is 10.8 Å². The molecule has 2 N–H and O–H groups in total. The largest absolute Gasteiger partial charge is 0.495 e. The highest BCUT2D eigenvalue weighted by atomic mass is 32.2. The Morgan fingerprint density at radius 2 is 2.21 bits per heavy atom. The van der Waals surface area contributed by atoms with E-state index in [-0.39, 0.29) is 0 Å². The van der Waals surface area contributed by atoms with Gasteiger partial charge in [-0.15, -0.1) is 0 Å². The normalized spacial score (nSPS) is 24.9. The van der Waals surface area contributed by atoms with Crippen LogP contribution < -0.4 is 10.5 Å². The average Bonchev–Trinajstić information content (AvgIpc) is 2.39. The maximum Gasteiger partial charge on any atom is 0.141 e. The third-order valence-corrected chi connectivity index (χ3v) is 5.65. The van der Waals surface area contributed by atoms with Gasteiger partial charge >= 0.3 is 0 Å². The summed E-state index contributed by atoms with van der Waals surface area (Å²) in [5.74, 6) is 2.00. The van der Waals surface area contributed by atoms with Crippen molar-refractivity contribution in [1.82, 2.24) is 0 Å². The van der Waals surface area contributed by atoms with Gasteiger partial charge in [0.05, 0.1) is 12.8 Å². The standard InChI is InChI=1S/C15H23NO2S/c1-11-4-3-5-13(8-11)19(17)10-12-6-7-15(18-2)14(16)9-12/h6-7,9,11,13H,3-5,8,10,16H2,1-2H3. The lowest BCUT2D eigenvalue weighted by Gasteiger charge is -2.26. The Labute approximate surface area is 118 Å². The van der Waals surface area contributed by atoms with E-state index in [1.807, 2.05) is 18.2 Å². The number of nitrogen functional groups attached to an aromatic ring is 1. The molecule has 1 aromatic carbocycles. The van der Waals surface area contributed by atoms with Gasteiger partial charge in [-0.1, -0.05) is 25.8 Å². The molecule has 0 saturated heterocycles. The second-order valence-electron chi connectivity index (χ2n) is 5.50. The minimum absolute atomic E-state index is 0.354. The number of hydrogen-bond acceptors (Lipinski definition) is 3. The molecule has 0 aliphatic heterocycles. The van der Waals surface area contributed by atoms with Gasteiger partial charge in [0.1, 0.15) is 5.75 Å². The molecule has 4 heteroatoms. The molecule has 3 unspecified atom stereocenters. The highest BCUT2D eigenvalue weighted by Gasteiger charge is 2.23. The van der Waals surface area contributed by atoms with Gasteiger partial charge in [0, 0.05) is 21.8 Å². The molecule has 0 amide bonds. The zero-order chi connectivity index (χ0) is 13.8. The first-order valence-electron chi connectivity index (χ1n) is 6.89. The molecule has 1 aliphatic rings. The molecule has 0 radical (unpaired) electrons. The number of rotatable bonds is 4. The van der Waals surface area contributed by atoms with Crippen molar-refractivity contribution in [2.75, 3.05) is 12.8 Å². The third kappa shape index (κ3) is 3.72. The number of anilines is 1. The minimum atomic E-state index is -0.791. The van der Waals surface area contributed by atoms with Crippen LogP contribution in [0.1, 0.15) is 38.2 Å². The molecule has 0 aromatic heterocycles. The van der Waals surface area contributed by atoms with Gasteiger partial charge in [0.2, 0.25) is 0 Å². The summed E-state index contributed by atoms with van der Waals surface area (Å²) in [5, 5.41) is 0.354. The summed E-state index contributed by atoms with van der Waals surface area (Å²) >= 11 is 0. The van der Waals surface area contributed by atoms with E-state index in [2.05, 4.69) is 6.92 Å². The van der Waals surface area contributed by atoms with Crippen molar-refractivity contribution in [3.05, 3.63) is 23.8 Å². The van der Waals surface area contributed by atoms with Gasteiger partial charge in [0.25, 0.3) is 0 Å². The Kier molecular flexibility index (Phi) is 4.86. The number of benzene rings is 1. The van der Waals surface area contributed by atoms with Crippen LogP contribution >= 0.6 is 0 Å². The Morgan fingerprint density at radius 1 is 1.42 bits per heavy atom. The Hall–Kier alpha value is -1.03. The number of methoxy groups -OCH3 is 1. The molecule has 1 fully saturated rings. The van der Waals surface area contributed by atoms with Crippen molar-refractivity contribution in [2.24, 2.45) is 5.92 Å².